The third-order valence-electron chi connectivity index (χ3n) is 2.97. The van der Waals surface area contributed by atoms with Crippen LogP contribution in [0.5, 0.6) is 0 Å². The van der Waals surface area contributed by atoms with Crippen molar-refractivity contribution in [2.75, 3.05) is 20.1 Å². The van der Waals surface area contributed by atoms with E-state index in [0.29, 0.717) is 6.04 Å². The Morgan fingerprint density at radius 3 is 2.80 bits per heavy atom. The van der Waals surface area contributed by atoms with Crippen molar-refractivity contribution < 1.29 is 4.42 Å². The van der Waals surface area contributed by atoms with E-state index in [1.807, 2.05) is 12.1 Å². The lowest BCUT2D eigenvalue weighted by Gasteiger charge is -2.30. The van der Waals surface area contributed by atoms with Crippen LogP contribution < -0.4 is 5.32 Å². The van der Waals surface area contributed by atoms with E-state index in [0.717, 1.165) is 30.1 Å². The quantitative estimate of drug-likeness (QED) is 0.915. The van der Waals surface area contributed by atoms with Crippen LogP contribution in [0.15, 0.2) is 21.2 Å². The highest BCUT2D eigenvalue weighted by Gasteiger charge is 2.18. The Kier molecular flexibility index (Phi) is 3.83. The minimum atomic E-state index is 0.690. The number of nitrogens with zero attached hydrogens (tertiary/aromatic N) is 1. The van der Waals surface area contributed by atoms with E-state index in [1.54, 1.807) is 0 Å². The fourth-order valence-electron chi connectivity index (χ4n) is 2.06. The Bertz CT molecular complexity index is 307. The lowest BCUT2D eigenvalue weighted by molar-refractivity contribution is 0.179. The monoisotopic (exact) mass is 272 g/mol. The first-order valence-electron chi connectivity index (χ1n) is 5.41. The number of hydrogen-bond acceptors (Lipinski definition) is 3. The van der Waals surface area contributed by atoms with E-state index >= 15 is 0 Å². The first-order valence-corrected chi connectivity index (χ1v) is 6.20. The zero-order valence-electron chi connectivity index (χ0n) is 9.00. The van der Waals surface area contributed by atoms with Gasteiger partial charge in [0.05, 0.1) is 6.54 Å². The summed E-state index contributed by atoms with van der Waals surface area (Å²) in [5.41, 5.74) is 0. The van der Waals surface area contributed by atoms with Crippen molar-refractivity contribution in [1.82, 2.24) is 10.2 Å². The van der Waals surface area contributed by atoms with Gasteiger partial charge in [-0.1, -0.05) is 0 Å². The summed E-state index contributed by atoms with van der Waals surface area (Å²) in [5, 5.41) is 3.38. The third-order valence-corrected chi connectivity index (χ3v) is 3.39. The van der Waals surface area contributed by atoms with Gasteiger partial charge in [0.1, 0.15) is 5.76 Å². The van der Waals surface area contributed by atoms with Crippen molar-refractivity contribution in [2.24, 2.45) is 0 Å². The average Bonchev–Trinajstić information content (AvgIpc) is 2.65. The molecule has 1 aliphatic rings. The van der Waals surface area contributed by atoms with E-state index in [2.05, 4.69) is 33.2 Å². The number of furan rings is 1. The molecule has 3 nitrogen and oxygen atoms in total. The second-order valence-corrected chi connectivity index (χ2v) is 4.88. The van der Waals surface area contributed by atoms with Crippen LogP contribution in [0.1, 0.15) is 18.6 Å². The Morgan fingerprint density at radius 2 is 2.20 bits per heavy atom. The molecule has 0 aliphatic carbocycles. The summed E-state index contributed by atoms with van der Waals surface area (Å²) in [5.74, 6) is 1.03. The molecule has 0 saturated carbocycles. The lowest BCUT2D eigenvalue weighted by atomic mass is 10.1. The van der Waals surface area contributed by atoms with Crippen LogP contribution in [-0.2, 0) is 6.54 Å². The molecule has 2 rings (SSSR count). The van der Waals surface area contributed by atoms with Crippen LogP contribution in [0.4, 0.5) is 0 Å². The molecule has 0 bridgehead atoms. The van der Waals surface area contributed by atoms with Crippen LogP contribution in [-0.4, -0.2) is 31.1 Å². The average molecular weight is 273 g/mol. The number of halogens is 1. The highest BCUT2D eigenvalue weighted by molar-refractivity contribution is 9.10. The highest BCUT2D eigenvalue weighted by Crippen LogP contribution is 2.18. The molecule has 1 aromatic rings. The molecule has 1 aromatic heterocycles. The van der Waals surface area contributed by atoms with Crippen LogP contribution >= 0.6 is 15.9 Å². The van der Waals surface area contributed by atoms with Gasteiger partial charge in [0.2, 0.25) is 0 Å². The predicted octanol–water partition coefficient (Wildman–Crippen LogP) is 2.23. The maximum atomic E-state index is 5.50. The van der Waals surface area contributed by atoms with E-state index in [9.17, 15) is 0 Å². The van der Waals surface area contributed by atoms with Crippen molar-refractivity contribution in [3.8, 4) is 0 Å². The summed E-state index contributed by atoms with van der Waals surface area (Å²) in [4.78, 5) is 2.38. The molecule has 0 radical (unpaired) electrons. The number of hydrogen-bond donors (Lipinski definition) is 1. The fraction of sp³-hybridized carbons (Fsp3) is 0.636. The summed E-state index contributed by atoms with van der Waals surface area (Å²) in [6, 6.07) is 4.67. The largest absolute Gasteiger partial charge is 0.453 e. The Morgan fingerprint density at radius 1 is 1.47 bits per heavy atom. The maximum absolute atomic E-state index is 5.50. The van der Waals surface area contributed by atoms with Crippen LogP contribution in [0.2, 0.25) is 0 Å². The van der Waals surface area contributed by atoms with Crippen LogP contribution in [0.3, 0.4) is 0 Å². The minimum Gasteiger partial charge on any atom is -0.453 e. The third kappa shape index (κ3) is 3.06. The molecule has 0 spiro atoms. The molecule has 1 aliphatic heterocycles. The van der Waals surface area contributed by atoms with Gasteiger partial charge in [-0.05, 0) is 61.0 Å². The summed E-state index contributed by atoms with van der Waals surface area (Å²) in [6.07, 6.45) is 2.47. The van der Waals surface area contributed by atoms with Crippen molar-refractivity contribution in [3.05, 3.63) is 22.6 Å². The van der Waals surface area contributed by atoms with E-state index in [-0.39, 0.29) is 0 Å². The van der Waals surface area contributed by atoms with E-state index < -0.39 is 0 Å². The molecule has 4 heteroatoms. The van der Waals surface area contributed by atoms with Crippen molar-refractivity contribution in [1.29, 1.82) is 0 Å². The van der Waals surface area contributed by atoms with Crippen LogP contribution in [0.25, 0.3) is 0 Å². The molecule has 0 unspecified atom stereocenters. The predicted molar refractivity (Wildman–Crippen MR) is 63.8 cm³/mol. The maximum Gasteiger partial charge on any atom is 0.169 e. The van der Waals surface area contributed by atoms with E-state index in [1.165, 1.54) is 12.8 Å². The molecule has 0 aromatic carbocycles. The minimum absolute atomic E-state index is 0.690. The van der Waals surface area contributed by atoms with E-state index in [4.69, 9.17) is 4.42 Å². The Balaban J connectivity index is 1.88. The molecule has 2 heterocycles. The zero-order valence-corrected chi connectivity index (χ0v) is 10.6. The van der Waals surface area contributed by atoms with Gasteiger partial charge >= 0.3 is 0 Å². The zero-order chi connectivity index (χ0) is 10.7. The summed E-state index contributed by atoms with van der Waals surface area (Å²) in [6.45, 7) is 3.17. The van der Waals surface area contributed by atoms with Gasteiger partial charge < -0.3 is 9.73 Å². The van der Waals surface area contributed by atoms with Gasteiger partial charge in [-0.25, -0.2) is 0 Å². The second kappa shape index (κ2) is 5.14. The molecule has 1 N–H and O–H groups in total. The lowest BCUT2D eigenvalue weighted by Crippen LogP contribution is -2.40. The van der Waals surface area contributed by atoms with Gasteiger partial charge in [-0.2, -0.15) is 0 Å². The fourth-order valence-corrected chi connectivity index (χ4v) is 2.40. The number of rotatable bonds is 3. The topological polar surface area (TPSA) is 28.4 Å². The van der Waals surface area contributed by atoms with Crippen molar-refractivity contribution in [3.63, 3.8) is 0 Å². The summed E-state index contributed by atoms with van der Waals surface area (Å²) < 4.78 is 6.32. The normalized spacial score (nSPS) is 18.6. The first-order chi connectivity index (χ1) is 7.25. The smallest absolute Gasteiger partial charge is 0.169 e. The molecule has 15 heavy (non-hydrogen) atoms. The highest BCUT2D eigenvalue weighted by atomic mass is 79.9. The molecule has 1 saturated heterocycles. The molecule has 84 valence electrons. The molecule has 0 atom stereocenters. The summed E-state index contributed by atoms with van der Waals surface area (Å²) in [7, 11) is 2.17. The van der Waals surface area contributed by atoms with Gasteiger partial charge in [0, 0.05) is 6.04 Å². The standard InChI is InChI=1S/C11H17BrN2O/c1-14(9-4-6-13-7-5-9)8-10-2-3-11(12)15-10/h2-3,9,13H,4-8H2,1H3. The van der Waals surface area contributed by atoms with Gasteiger partial charge in [0.15, 0.2) is 4.67 Å². The van der Waals surface area contributed by atoms with Crippen molar-refractivity contribution >= 4 is 15.9 Å². The second-order valence-electron chi connectivity index (χ2n) is 4.10. The van der Waals surface area contributed by atoms with Gasteiger partial charge in [-0.15, -0.1) is 0 Å². The first kappa shape index (κ1) is 11.2. The van der Waals surface area contributed by atoms with Crippen molar-refractivity contribution in [2.45, 2.75) is 25.4 Å². The number of nitrogens with one attached hydrogen (secondary N) is 1. The Labute approximate surface area is 99.0 Å². The Hall–Kier alpha value is -0.320. The number of piperidine rings is 1. The summed E-state index contributed by atoms with van der Waals surface area (Å²) >= 11 is 3.32. The van der Waals surface area contributed by atoms with Gasteiger partial charge in [-0.3, -0.25) is 4.90 Å². The van der Waals surface area contributed by atoms with Gasteiger partial charge in [0.25, 0.3) is 0 Å². The molecular weight excluding hydrogens is 256 g/mol. The SMILES string of the molecule is CN(Cc1ccc(Br)o1)C1CCNCC1. The molecule has 1 fully saturated rings. The molecule has 0 amide bonds. The molecular formula is C11H17BrN2O. The van der Waals surface area contributed by atoms with Crippen LogP contribution in [0, 0.1) is 0 Å².